The summed E-state index contributed by atoms with van der Waals surface area (Å²) in [6, 6.07) is 22.0. The van der Waals surface area contributed by atoms with Gasteiger partial charge in [-0.25, -0.2) is 14.0 Å². The van der Waals surface area contributed by atoms with E-state index < -0.39 is 17.4 Å². The Morgan fingerprint density at radius 1 is 1.00 bits per heavy atom. The molecule has 1 N–H and O–H groups in total. The number of carbonyl (C=O) groups excluding carboxylic acids is 1. The van der Waals surface area contributed by atoms with E-state index in [1.165, 1.54) is 30.4 Å². The minimum atomic E-state index is -1.46. The van der Waals surface area contributed by atoms with Crippen LogP contribution in [0.2, 0.25) is 0 Å². The molecule has 0 aromatic heterocycles. The number of carbonyl (C=O) groups is 2. The first-order chi connectivity index (χ1) is 18.6. The van der Waals surface area contributed by atoms with Crippen LogP contribution in [0.3, 0.4) is 0 Å². The normalized spacial score (nSPS) is 17.2. The molecule has 1 saturated heterocycles. The molecule has 1 heterocycles. The molecule has 4 rings (SSSR count). The van der Waals surface area contributed by atoms with Crippen LogP contribution in [0, 0.1) is 17.7 Å². The van der Waals surface area contributed by atoms with Crippen molar-refractivity contribution in [1.29, 1.82) is 0 Å². The molecule has 0 aliphatic carbocycles. The van der Waals surface area contributed by atoms with Crippen molar-refractivity contribution in [1.82, 2.24) is 4.90 Å². The summed E-state index contributed by atoms with van der Waals surface area (Å²) >= 11 is 1.70. The Balaban J connectivity index is 1.45. The summed E-state index contributed by atoms with van der Waals surface area (Å²) in [5, 5.41) is 9.28. The quantitative estimate of drug-likeness (QED) is 0.282. The van der Waals surface area contributed by atoms with Gasteiger partial charge in [-0.05, 0) is 92.7 Å². The van der Waals surface area contributed by atoms with E-state index in [1.54, 1.807) is 40.9 Å². The molecule has 0 unspecified atom stereocenters. The van der Waals surface area contributed by atoms with E-state index in [4.69, 9.17) is 9.47 Å². The van der Waals surface area contributed by atoms with Crippen molar-refractivity contribution in [3.63, 3.8) is 0 Å². The van der Waals surface area contributed by atoms with E-state index in [0.717, 1.165) is 6.42 Å². The van der Waals surface area contributed by atoms with E-state index in [2.05, 4.69) is 24.3 Å². The van der Waals surface area contributed by atoms with E-state index in [1.807, 2.05) is 24.5 Å². The monoisotopic (exact) mass is 551 g/mol. The third kappa shape index (κ3) is 7.53. The van der Waals surface area contributed by atoms with Gasteiger partial charge in [0.2, 0.25) is 0 Å². The molecule has 0 saturated carbocycles. The summed E-state index contributed by atoms with van der Waals surface area (Å²) in [5.74, 6) is -0.518. The smallest absolute Gasteiger partial charge is 0.415 e. The second-order valence-electron chi connectivity index (χ2n) is 10.4. The Kier molecular flexibility index (Phi) is 9.17. The fraction of sp³-hybridized carbons (Fsp3) is 0.355. The number of hydrogen-bond acceptors (Lipinski definition) is 5. The molecule has 0 bridgehead atoms. The molecule has 39 heavy (non-hydrogen) atoms. The number of carboxylic acid groups (broad SMARTS) is 1. The fourth-order valence-electron chi connectivity index (χ4n) is 4.84. The molecule has 2 atom stereocenters. The molecule has 8 heteroatoms. The number of para-hydroxylation sites is 1. The van der Waals surface area contributed by atoms with Crippen molar-refractivity contribution in [3.05, 3.63) is 89.7 Å². The molecular weight excluding hydrogens is 517 g/mol. The number of aryl methyl sites for hydroxylation is 1. The molecule has 0 spiro atoms. The number of ether oxygens (including phenoxy) is 2. The molecule has 1 amide bonds. The third-order valence-electron chi connectivity index (χ3n) is 7.14. The van der Waals surface area contributed by atoms with Crippen LogP contribution in [0.4, 0.5) is 9.18 Å². The van der Waals surface area contributed by atoms with Gasteiger partial charge in [-0.1, -0.05) is 36.4 Å². The van der Waals surface area contributed by atoms with Crippen molar-refractivity contribution in [3.8, 4) is 11.5 Å². The first kappa shape index (κ1) is 28.5. The van der Waals surface area contributed by atoms with Crippen LogP contribution >= 0.6 is 11.8 Å². The van der Waals surface area contributed by atoms with Gasteiger partial charge in [0, 0.05) is 24.1 Å². The maximum atomic E-state index is 14.9. The molecule has 1 aliphatic rings. The lowest BCUT2D eigenvalue weighted by Gasteiger charge is -2.22. The standard InChI is InChI=1S/C31H34FNO5S/c1-31(2,29(34)35)38-26-14-13-22(28(32)18-26)11-12-23-19-33(30(36)37-25-7-5-4-6-8-25)20-24(23)17-21-9-15-27(39-3)16-10-21/h4-10,13-16,18,23-24H,11-12,17,19-20H2,1-3H3,(H,34,35)/t23-,24-/m1/s1. The number of hydrogen-bond donors (Lipinski definition) is 1. The highest BCUT2D eigenvalue weighted by Gasteiger charge is 2.36. The van der Waals surface area contributed by atoms with E-state index in [0.29, 0.717) is 37.2 Å². The number of halogens is 1. The number of nitrogens with zero attached hydrogens (tertiary/aromatic N) is 1. The van der Waals surface area contributed by atoms with Crippen molar-refractivity contribution in [2.24, 2.45) is 11.8 Å². The highest BCUT2D eigenvalue weighted by Crippen LogP contribution is 2.32. The summed E-state index contributed by atoms with van der Waals surface area (Å²) in [7, 11) is 0. The third-order valence-corrected chi connectivity index (χ3v) is 7.88. The van der Waals surface area contributed by atoms with Crippen LogP contribution in [-0.2, 0) is 17.6 Å². The Morgan fingerprint density at radius 2 is 1.69 bits per heavy atom. The van der Waals surface area contributed by atoms with Crippen LogP contribution in [-0.4, -0.2) is 47.0 Å². The van der Waals surface area contributed by atoms with Crippen LogP contribution in [0.25, 0.3) is 0 Å². The van der Waals surface area contributed by atoms with E-state index >= 15 is 0 Å². The second kappa shape index (κ2) is 12.6. The SMILES string of the molecule is CSc1ccc(C[C@@H]2CN(C(=O)Oc3ccccc3)C[C@H]2CCc2ccc(OC(C)(C)C(=O)O)cc2F)cc1. The lowest BCUT2D eigenvalue weighted by atomic mass is 9.86. The predicted molar refractivity (Wildman–Crippen MR) is 150 cm³/mol. The van der Waals surface area contributed by atoms with Gasteiger partial charge in [-0.3, -0.25) is 0 Å². The number of carboxylic acids is 1. The van der Waals surface area contributed by atoms with Crippen molar-refractivity contribution in [2.75, 3.05) is 19.3 Å². The molecule has 206 valence electrons. The zero-order valence-corrected chi connectivity index (χ0v) is 23.2. The summed E-state index contributed by atoms with van der Waals surface area (Å²) in [6.07, 6.45) is 3.67. The van der Waals surface area contributed by atoms with Gasteiger partial charge in [-0.2, -0.15) is 0 Å². The Labute approximate surface area is 233 Å². The maximum absolute atomic E-state index is 14.9. The summed E-state index contributed by atoms with van der Waals surface area (Å²) in [6.45, 7) is 3.95. The van der Waals surface area contributed by atoms with Crippen LogP contribution in [0.5, 0.6) is 11.5 Å². The first-order valence-electron chi connectivity index (χ1n) is 13.0. The minimum Gasteiger partial charge on any atom is -0.478 e. The van der Waals surface area contributed by atoms with Crippen molar-refractivity contribution in [2.45, 2.75) is 43.6 Å². The maximum Gasteiger partial charge on any atom is 0.415 e. The number of benzene rings is 3. The average Bonchev–Trinajstić information content (AvgIpc) is 3.31. The number of likely N-dealkylation sites (tertiary alicyclic amines) is 1. The lowest BCUT2D eigenvalue weighted by Crippen LogP contribution is -2.37. The zero-order valence-electron chi connectivity index (χ0n) is 22.4. The largest absolute Gasteiger partial charge is 0.478 e. The molecule has 1 aliphatic heterocycles. The fourth-order valence-corrected chi connectivity index (χ4v) is 5.25. The minimum absolute atomic E-state index is 0.162. The Bertz CT molecular complexity index is 1280. The molecular formula is C31H34FNO5S. The lowest BCUT2D eigenvalue weighted by molar-refractivity contribution is -0.152. The Morgan fingerprint density at radius 3 is 2.33 bits per heavy atom. The Hall–Kier alpha value is -3.52. The predicted octanol–water partition coefficient (Wildman–Crippen LogP) is 6.71. The van der Waals surface area contributed by atoms with Gasteiger partial charge >= 0.3 is 12.1 Å². The first-order valence-corrected chi connectivity index (χ1v) is 14.2. The van der Waals surface area contributed by atoms with E-state index in [9.17, 15) is 19.1 Å². The summed E-state index contributed by atoms with van der Waals surface area (Å²) in [4.78, 5) is 27.2. The highest BCUT2D eigenvalue weighted by atomic mass is 32.2. The molecule has 0 radical (unpaired) electrons. The molecule has 1 fully saturated rings. The summed E-state index contributed by atoms with van der Waals surface area (Å²) < 4.78 is 26.0. The van der Waals surface area contributed by atoms with Crippen LogP contribution in [0.15, 0.2) is 77.7 Å². The number of thioether (sulfide) groups is 1. The van der Waals surface area contributed by atoms with Crippen molar-refractivity contribution >= 4 is 23.8 Å². The van der Waals surface area contributed by atoms with E-state index in [-0.39, 0.29) is 23.7 Å². The molecule has 3 aromatic carbocycles. The van der Waals surface area contributed by atoms with Gasteiger partial charge in [0.25, 0.3) is 0 Å². The van der Waals surface area contributed by atoms with Gasteiger partial charge in [0.05, 0.1) is 0 Å². The molecule has 3 aromatic rings. The molecule has 6 nitrogen and oxygen atoms in total. The second-order valence-corrected chi connectivity index (χ2v) is 11.2. The van der Waals surface area contributed by atoms with Gasteiger partial charge in [0.1, 0.15) is 17.3 Å². The van der Waals surface area contributed by atoms with Gasteiger partial charge < -0.3 is 19.5 Å². The van der Waals surface area contributed by atoms with Crippen molar-refractivity contribution < 1.29 is 28.6 Å². The van der Waals surface area contributed by atoms with Crippen LogP contribution in [0.1, 0.15) is 31.4 Å². The highest BCUT2D eigenvalue weighted by molar-refractivity contribution is 7.98. The number of amides is 1. The number of aliphatic carboxylic acids is 1. The summed E-state index contributed by atoms with van der Waals surface area (Å²) in [5.41, 5.74) is 0.273. The average molecular weight is 552 g/mol. The zero-order chi connectivity index (χ0) is 28.0. The number of rotatable bonds is 10. The topological polar surface area (TPSA) is 76.1 Å². The van der Waals surface area contributed by atoms with Gasteiger partial charge in [0.15, 0.2) is 5.60 Å². The van der Waals surface area contributed by atoms with Gasteiger partial charge in [-0.15, -0.1) is 11.8 Å². The van der Waals surface area contributed by atoms with Crippen LogP contribution < -0.4 is 9.47 Å².